The Kier molecular flexibility index (Phi) is 10.9. The highest BCUT2D eigenvalue weighted by molar-refractivity contribution is 5.98. The van der Waals surface area contributed by atoms with E-state index in [1.165, 1.54) is 57.8 Å². The quantitative estimate of drug-likeness (QED) is 0.121. The topological polar surface area (TPSA) is 71.5 Å². The number of nitrogens with zero attached hydrogens (tertiary/aromatic N) is 4. The number of hydrogen-bond acceptors (Lipinski definition) is 2. The highest BCUT2D eigenvalue weighted by Gasteiger charge is 2.52. The van der Waals surface area contributed by atoms with Crippen molar-refractivity contribution in [3.05, 3.63) is 22.8 Å². The van der Waals surface area contributed by atoms with Gasteiger partial charge in [-0.3, -0.25) is 5.41 Å². The lowest BCUT2D eigenvalue weighted by molar-refractivity contribution is 0.110. The Morgan fingerprint density at radius 3 is 1.70 bits per heavy atom. The van der Waals surface area contributed by atoms with Gasteiger partial charge in [-0.1, -0.05) is 70.8 Å². The van der Waals surface area contributed by atoms with E-state index in [1.807, 2.05) is 4.90 Å². The van der Waals surface area contributed by atoms with Crippen LogP contribution in [0.5, 0.6) is 0 Å². The SMILES string of the molecule is CCCCCCCCCCCCN(C(=N)N)c1c(C)cc(C)c(N=C2N(C(C)(C)C)N2C(C)(C)C)c1C. The maximum Gasteiger partial charge on any atom is 0.241 e. The highest BCUT2D eigenvalue weighted by Crippen LogP contribution is 2.42. The maximum atomic E-state index is 8.37. The lowest BCUT2D eigenvalue weighted by Crippen LogP contribution is -2.38. The molecule has 0 aliphatic carbocycles. The summed E-state index contributed by atoms with van der Waals surface area (Å²) in [6.07, 6.45) is 13.0. The number of hydrogen-bond donors (Lipinski definition) is 2. The van der Waals surface area contributed by atoms with Gasteiger partial charge in [0.15, 0.2) is 5.96 Å². The zero-order chi connectivity index (χ0) is 28.0. The predicted molar refractivity (Wildman–Crippen MR) is 162 cm³/mol. The van der Waals surface area contributed by atoms with Crippen LogP contribution in [0.3, 0.4) is 0 Å². The largest absolute Gasteiger partial charge is 0.370 e. The van der Waals surface area contributed by atoms with Crippen LogP contribution in [0.2, 0.25) is 0 Å². The molecule has 1 aliphatic heterocycles. The average Bonchev–Trinajstić information content (AvgIpc) is 3.52. The van der Waals surface area contributed by atoms with Crippen LogP contribution in [-0.2, 0) is 0 Å². The lowest BCUT2D eigenvalue weighted by Gasteiger charge is -2.27. The molecule has 0 radical (unpaired) electrons. The zero-order valence-corrected chi connectivity index (χ0v) is 25.7. The summed E-state index contributed by atoms with van der Waals surface area (Å²) < 4.78 is 0. The van der Waals surface area contributed by atoms with Crippen molar-refractivity contribution in [2.45, 2.75) is 145 Å². The Labute approximate surface area is 228 Å². The normalized spacial score (nSPS) is 13.8. The molecule has 0 unspecified atom stereocenters. The number of nitrogens with two attached hydrogens (primary N) is 1. The zero-order valence-electron chi connectivity index (χ0n) is 25.7. The summed E-state index contributed by atoms with van der Waals surface area (Å²) in [4.78, 5) is 7.19. The van der Waals surface area contributed by atoms with Gasteiger partial charge >= 0.3 is 0 Å². The minimum atomic E-state index is -0.0393. The van der Waals surface area contributed by atoms with E-state index in [1.54, 1.807) is 0 Å². The molecule has 37 heavy (non-hydrogen) atoms. The van der Waals surface area contributed by atoms with Crippen molar-refractivity contribution in [2.75, 3.05) is 11.4 Å². The first-order chi connectivity index (χ1) is 17.2. The van der Waals surface area contributed by atoms with Gasteiger partial charge in [0.25, 0.3) is 0 Å². The number of guanidine groups is 2. The first-order valence-electron chi connectivity index (χ1n) is 14.6. The number of rotatable bonds is 13. The van der Waals surface area contributed by atoms with Crippen LogP contribution in [0.1, 0.15) is 129 Å². The molecular weight excluding hydrogens is 456 g/mol. The van der Waals surface area contributed by atoms with Crippen molar-refractivity contribution >= 4 is 23.3 Å². The number of nitrogens with one attached hydrogen (secondary N) is 1. The Balaban J connectivity index is 2.15. The molecule has 0 bridgehead atoms. The van der Waals surface area contributed by atoms with Crippen LogP contribution < -0.4 is 10.6 Å². The predicted octanol–water partition coefficient (Wildman–Crippen LogP) is 8.35. The van der Waals surface area contributed by atoms with E-state index in [0.717, 1.165) is 47.0 Å². The van der Waals surface area contributed by atoms with Crippen LogP contribution in [0, 0.1) is 26.2 Å². The van der Waals surface area contributed by atoms with E-state index in [4.69, 9.17) is 16.1 Å². The standard InChI is InChI=1S/C31H56N6/c1-11-12-13-14-15-16-17-18-19-20-21-35(28(32)33)27-24(3)22-23(2)26(25(27)4)34-29-36(30(5,6)7)37(29)31(8,9)10/h22H,11-21H2,1-10H3,(H3,32,33). The second-order valence-electron chi connectivity index (χ2n) is 12.9. The van der Waals surface area contributed by atoms with Gasteiger partial charge < -0.3 is 10.6 Å². The Morgan fingerprint density at radius 1 is 0.811 bits per heavy atom. The van der Waals surface area contributed by atoms with Gasteiger partial charge in [0.2, 0.25) is 5.96 Å². The fourth-order valence-electron chi connectivity index (χ4n) is 5.39. The number of aryl methyl sites for hydroxylation is 2. The summed E-state index contributed by atoms with van der Waals surface area (Å²) in [5.74, 6) is 1.12. The van der Waals surface area contributed by atoms with Crippen LogP contribution in [0.15, 0.2) is 11.1 Å². The molecule has 1 aromatic carbocycles. The Hall–Kier alpha value is -2.24. The van der Waals surface area contributed by atoms with Crippen LogP contribution >= 0.6 is 0 Å². The van der Waals surface area contributed by atoms with E-state index in [9.17, 15) is 0 Å². The van der Waals surface area contributed by atoms with Crippen LogP contribution in [0.25, 0.3) is 0 Å². The third kappa shape index (κ3) is 8.38. The summed E-state index contributed by atoms with van der Waals surface area (Å²) in [6, 6.07) is 2.20. The second-order valence-corrected chi connectivity index (χ2v) is 12.9. The van der Waals surface area contributed by atoms with E-state index in [-0.39, 0.29) is 17.0 Å². The lowest BCUT2D eigenvalue weighted by atomic mass is 10.0. The molecule has 6 heteroatoms. The minimum Gasteiger partial charge on any atom is -0.370 e. The number of unbranched alkanes of at least 4 members (excludes halogenated alkanes) is 9. The molecule has 0 spiro atoms. The summed E-state index contributed by atoms with van der Waals surface area (Å²) in [5, 5.41) is 12.9. The fraction of sp³-hybridized carbons (Fsp3) is 0.742. The van der Waals surface area contributed by atoms with E-state index in [0.29, 0.717) is 0 Å². The molecule has 1 heterocycles. The Bertz CT molecular complexity index is 912. The number of hydrazine groups is 1. The van der Waals surface area contributed by atoms with Gasteiger partial charge in [-0.05, 0) is 85.4 Å². The van der Waals surface area contributed by atoms with Crippen LogP contribution in [-0.4, -0.2) is 39.6 Å². The average molecular weight is 513 g/mol. The summed E-state index contributed by atoms with van der Waals surface area (Å²) in [7, 11) is 0. The molecule has 1 aliphatic rings. The number of anilines is 1. The van der Waals surface area contributed by atoms with Gasteiger partial charge in [0.05, 0.1) is 22.5 Å². The first kappa shape index (κ1) is 31.0. The smallest absolute Gasteiger partial charge is 0.241 e. The molecule has 0 atom stereocenters. The highest BCUT2D eigenvalue weighted by atomic mass is 15.9. The molecule has 210 valence electrons. The maximum absolute atomic E-state index is 8.37. The summed E-state index contributed by atoms with van der Waals surface area (Å²) in [6.45, 7) is 22.8. The van der Waals surface area contributed by atoms with Crippen molar-refractivity contribution in [1.82, 2.24) is 10.0 Å². The van der Waals surface area contributed by atoms with Crippen molar-refractivity contribution in [3.63, 3.8) is 0 Å². The van der Waals surface area contributed by atoms with Gasteiger partial charge in [0.1, 0.15) is 0 Å². The molecule has 1 aromatic rings. The second kappa shape index (κ2) is 13.0. The van der Waals surface area contributed by atoms with E-state index < -0.39 is 0 Å². The van der Waals surface area contributed by atoms with E-state index >= 15 is 0 Å². The molecule has 0 amide bonds. The third-order valence-corrected chi connectivity index (χ3v) is 7.21. The Morgan fingerprint density at radius 2 is 1.27 bits per heavy atom. The first-order valence-corrected chi connectivity index (χ1v) is 14.6. The number of aliphatic imine (C=N–C) groups is 1. The molecular formula is C31H56N6. The number of benzene rings is 1. The molecule has 2 rings (SSSR count). The van der Waals surface area contributed by atoms with Crippen molar-refractivity contribution in [2.24, 2.45) is 10.7 Å². The molecule has 0 saturated carbocycles. The van der Waals surface area contributed by atoms with Crippen molar-refractivity contribution in [1.29, 1.82) is 5.41 Å². The van der Waals surface area contributed by atoms with Gasteiger partial charge in [-0.25, -0.2) is 15.0 Å². The molecule has 1 saturated heterocycles. The van der Waals surface area contributed by atoms with Crippen molar-refractivity contribution < 1.29 is 0 Å². The molecule has 6 nitrogen and oxygen atoms in total. The monoisotopic (exact) mass is 512 g/mol. The van der Waals surface area contributed by atoms with Crippen LogP contribution in [0.4, 0.5) is 11.4 Å². The fourth-order valence-corrected chi connectivity index (χ4v) is 5.39. The van der Waals surface area contributed by atoms with E-state index in [2.05, 4.69) is 85.3 Å². The minimum absolute atomic E-state index is 0.0393. The van der Waals surface area contributed by atoms with Gasteiger partial charge in [0, 0.05) is 6.54 Å². The van der Waals surface area contributed by atoms with Crippen molar-refractivity contribution in [3.8, 4) is 0 Å². The van der Waals surface area contributed by atoms with Gasteiger partial charge in [-0.2, -0.15) is 0 Å². The summed E-state index contributed by atoms with van der Waals surface area (Å²) in [5.41, 5.74) is 11.5. The third-order valence-electron chi connectivity index (χ3n) is 7.21. The molecule has 1 fully saturated rings. The summed E-state index contributed by atoms with van der Waals surface area (Å²) >= 11 is 0. The van der Waals surface area contributed by atoms with Gasteiger partial charge in [-0.15, -0.1) is 0 Å². The molecule has 0 aromatic heterocycles. The molecule has 3 N–H and O–H groups in total.